The fraction of sp³-hybridized carbons (Fsp3) is 1.00. The van der Waals surface area contributed by atoms with Crippen molar-refractivity contribution in [2.75, 3.05) is 13.7 Å². The standard InChI is InChI=1S/C9H18O3.CH4/c1-6(2)8-4-7(10)9(12-8)5-11-3;/h6-10H,4-5H2,1-3H3;1H4. The van der Waals surface area contributed by atoms with Gasteiger partial charge in [-0.05, 0) is 5.92 Å². The molecule has 0 spiro atoms. The lowest BCUT2D eigenvalue weighted by atomic mass is 10.0. The molecule has 0 bridgehead atoms. The van der Waals surface area contributed by atoms with Gasteiger partial charge in [0.1, 0.15) is 6.10 Å². The van der Waals surface area contributed by atoms with Crippen molar-refractivity contribution in [3.05, 3.63) is 0 Å². The van der Waals surface area contributed by atoms with E-state index in [4.69, 9.17) is 9.47 Å². The number of rotatable bonds is 3. The molecule has 0 saturated carbocycles. The van der Waals surface area contributed by atoms with Crippen LogP contribution in [0, 0.1) is 5.92 Å². The van der Waals surface area contributed by atoms with Crippen molar-refractivity contribution in [1.29, 1.82) is 0 Å². The van der Waals surface area contributed by atoms with Gasteiger partial charge in [0, 0.05) is 13.5 Å². The van der Waals surface area contributed by atoms with Gasteiger partial charge in [0.05, 0.1) is 18.8 Å². The van der Waals surface area contributed by atoms with Crippen molar-refractivity contribution in [2.45, 2.75) is 46.0 Å². The SMILES string of the molecule is C.COCC1OC(C(C)C)CC1O. The van der Waals surface area contributed by atoms with Crippen LogP contribution in [0.25, 0.3) is 0 Å². The summed E-state index contributed by atoms with van der Waals surface area (Å²) in [6.45, 7) is 4.70. The largest absolute Gasteiger partial charge is 0.390 e. The molecule has 1 aliphatic rings. The molecule has 3 nitrogen and oxygen atoms in total. The minimum atomic E-state index is -0.350. The molecule has 1 aliphatic heterocycles. The Morgan fingerprint density at radius 1 is 1.54 bits per heavy atom. The number of hydrogen-bond acceptors (Lipinski definition) is 3. The molecule has 0 aromatic carbocycles. The van der Waals surface area contributed by atoms with Gasteiger partial charge in [-0.1, -0.05) is 21.3 Å². The van der Waals surface area contributed by atoms with Crippen molar-refractivity contribution >= 4 is 0 Å². The Morgan fingerprint density at radius 2 is 2.15 bits per heavy atom. The van der Waals surface area contributed by atoms with Crippen LogP contribution in [0.15, 0.2) is 0 Å². The van der Waals surface area contributed by atoms with E-state index in [0.717, 1.165) is 6.42 Å². The number of aliphatic hydroxyl groups is 1. The lowest BCUT2D eigenvalue weighted by Crippen LogP contribution is -2.26. The van der Waals surface area contributed by atoms with E-state index in [1.54, 1.807) is 7.11 Å². The molecule has 0 aromatic rings. The summed E-state index contributed by atoms with van der Waals surface area (Å²) < 4.78 is 10.5. The zero-order chi connectivity index (χ0) is 9.14. The van der Waals surface area contributed by atoms with Crippen molar-refractivity contribution in [1.82, 2.24) is 0 Å². The molecule has 1 saturated heterocycles. The Kier molecular flexibility index (Phi) is 5.53. The van der Waals surface area contributed by atoms with Crippen molar-refractivity contribution < 1.29 is 14.6 Å². The second-order valence-corrected chi connectivity index (χ2v) is 3.72. The number of aliphatic hydroxyl groups excluding tert-OH is 1. The molecule has 0 amide bonds. The van der Waals surface area contributed by atoms with Gasteiger partial charge in [-0.3, -0.25) is 0 Å². The first-order valence-electron chi connectivity index (χ1n) is 4.47. The van der Waals surface area contributed by atoms with Crippen molar-refractivity contribution in [2.24, 2.45) is 5.92 Å². The second-order valence-electron chi connectivity index (χ2n) is 3.72. The highest BCUT2D eigenvalue weighted by Crippen LogP contribution is 2.25. The molecule has 80 valence electrons. The minimum Gasteiger partial charge on any atom is -0.390 e. The Morgan fingerprint density at radius 3 is 2.54 bits per heavy atom. The Hall–Kier alpha value is -0.120. The highest BCUT2D eigenvalue weighted by atomic mass is 16.6. The molecule has 1 fully saturated rings. The summed E-state index contributed by atoms with van der Waals surface area (Å²) >= 11 is 0. The average Bonchev–Trinajstić information content (AvgIpc) is 2.34. The van der Waals surface area contributed by atoms with Crippen LogP contribution in [-0.4, -0.2) is 37.1 Å². The van der Waals surface area contributed by atoms with Crippen LogP contribution >= 0.6 is 0 Å². The number of ether oxygens (including phenoxy) is 2. The Labute approximate surface area is 81.0 Å². The van der Waals surface area contributed by atoms with Crippen LogP contribution in [0.2, 0.25) is 0 Å². The molecule has 1 N–H and O–H groups in total. The quantitative estimate of drug-likeness (QED) is 0.732. The lowest BCUT2D eigenvalue weighted by Gasteiger charge is -2.15. The molecule has 13 heavy (non-hydrogen) atoms. The van der Waals surface area contributed by atoms with Gasteiger partial charge in [0.25, 0.3) is 0 Å². The first-order valence-corrected chi connectivity index (χ1v) is 4.47. The molecule has 3 atom stereocenters. The van der Waals surface area contributed by atoms with E-state index in [1.165, 1.54) is 0 Å². The third-order valence-electron chi connectivity index (χ3n) is 2.33. The van der Waals surface area contributed by atoms with Gasteiger partial charge >= 0.3 is 0 Å². The summed E-state index contributed by atoms with van der Waals surface area (Å²) in [6.07, 6.45) is 0.464. The van der Waals surface area contributed by atoms with Crippen LogP contribution in [0.3, 0.4) is 0 Å². The van der Waals surface area contributed by atoms with E-state index in [1.807, 2.05) is 0 Å². The predicted molar refractivity (Wildman–Crippen MR) is 52.7 cm³/mol. The van der Waals surface area contributed by atoms with Gasteiger partial charge in [0.2, 0.25) is 0 Å². The van der Waals surface area contributed by atoms with Gasteiger partial charge in [-0.25, -0.2) is 0 Å². The van der Waals surface area contributed by atoms with Gasteiger partial charge < -0.3 is 14.6 Å². The average molecular weight is 190 g/mol. The first kappa shape index (κ1) is 12.9. The first-order chi connectivity index (χ1) is 5.65. The van der Waals surface area contributed by atoms with Crippen LogP contribution in [-0.2, 0) is 9.47 Å². The fourth-order valence-corrected chi connectivity index (χ4v) is 1.50. The predicted octanol–water partition coefficient (Wildman–Crippen LogP) is 1.44. The third kappa shape index (κ3) is 3.25. The Bertz CT molecular complexity index is 136. The molecule has 0 aromatic heterocycles. The van der Waals surface area contributed by atoms with Crippen LogP contribution < -0.4 is 0 Å². The zero-order valence-electron chi connectivity index (χ0n) is 7.99. The van der Waals surface area contributed by atoms with Gasteiger partial charge in [0.15, 0.2) is 0 Å². The van der Waals surface area contributed by atoms with Crippen LogP contribution in [0.1, 0.15) is 27.7 Å². The fourth-order valence-electron chi connectivity index (χ4n) is 1.50. The van der Waals surface area contributed by atoms with E-state index in [9.17, 15) is 5.11 Å². The van der Waals surface area contributed by atoms with Gasteiger partial charge in [-0.15, -0.1) is 0 Å². The van der Waals surface area contributed by atoms with E-state index < -0.39 is 0 Å². The summed E-state index contributed by atoms with van der Waals surface area (Å²) in [5.74, 6) is 0.474. The van der Waals surface area contributed by atoms with E-state index in [0.29, 0.717) is 12.5 Å². The monoisotopic (exact) mass is 190 g/mol. The molecular weight excluding hydrogens is 168 g/mol. The van der Waals surface area contributed by atoms with E-state index in [2.05, 4.69) is 13.8 Å². The van der Waals surface area contributed by atoms with Crippen molar-refractivity contribution in [3.8, 4) is 0 Å². The molecular formula is C10H22O3. The summed E-state index contributed by atoms with van der Waals surface area (Å²) in [6, 6.07) is 0. The second kappa shape index (κ2) is 5.58. The lowest BCUT2D eigenvalue weighted by molar-refractivity contribution is -0.0434. The molecule has 3 unspecified atom stereocenters. The number of methoxy groups -OCH3 is 1. The van der Waals surface area contributed by atoms with E-state index >= 15 is 0 Å². The topological polar surface area (TPSA) is 38.7 Å². The summed E-state index contributed by atoms with van der Waals surface area (Å²) in [7, 11) is 1.62. The highest BCUT2D eigenvalue weighted by Gasteiger charge is 2.34. The summed E-state index contributed by atoms with van der Waals surface area (Å²) in [5.41, 5.74) is 0. The maximum Gasteiger partial charge on any atom is 0.107 e. The third-order valence-corrected chi connectivity index (χ3v) is 2.33. The molecule has 1 rings (SSSR count). The maximum absolute atomic E-state index is 9.53. The van der Waals surface area contributed by atoms with Gasteiger partial charge in [-0.2, -0.15) is 0 Å². The molecule has 0 radical (unpaired) electrons. The van der Waals surface area contributed by atoms with Crippen LogP contribution in [0.4, 0.5) is 0 Å². The maximum atomic E-state index is 9.53. The minimum absolute atomic E-state index is 0. The normalized spacial score (nSPS) is 33.5. The molecule has 3 heteroatoms. The molecule has 0 aliphatic carbocycles. The molecule has 1 heterocycles. The summed E-state index contributed by atoms with van der Waals surface area (Å²) in [4.78, 5) is 0. The smallest absolute Gasteiger partial charge is 0.107 e. The Balaban J connectivity index is 0.00000144. The number of hydrogen-bond donors (Lipinski definition) is 1. The summed E-state index contributed by atoms with van der Waals surface area (Å²) in [5, 5.41) is 9.53. The van der Waals surface area contributed by atoms with Crippen LogP contribution in [0.5, 0.6) is 0 Å². The zero-order valence-corrected chi connectivity index (χ0v) is 7.99. The van der Waals surface area contributed by atoms with E-state index in [-0.39, 0.29) is 25.7 Å². The van der Waals surface area contributed by atoms with Crippen molar-refractivity contribution in [3.63, 3.8) is 0 Å². The highest BCUT2D eigenvalue weighted by molar-refractivity contribution is 4.83.